The van der Waals surface area contributed by atoms with Crippen molar-refractivity contribution in [2.45, 2.75) is 0 Å². The molecular formula is C16H15Cl2NO2. The van der Waals surface area contributed by atoms with Gasteiger partial charge in [0.25, 0.3) is 5.91 Å². The molecule has 2 rings (SSSR count). The molecule has 0 aliphatic rings. The monoisotopic (exact) mass is 323 g/mol. The van der Waals surface area contributed by atoms with Crippen molar-refractivity contribution in [3.8, 4) is 5.75 Å². The number of halogens is 2. The first kappa shape index (κ1) is 15.7. The van der Waals surface area contributed by atoms with Gasteiger partial charge in [-0.15, -0.1) is 0 Å². The molecule has 0 N–H and O–H groups in total. The average molecular weight is 324 g/mol. The minimum atomic E-state index is -0.0682. The van der Waals surface area contributed by atoms with Gasteiger partial charge in [0.05, 0.1) is 6.54 Å². The lowest BCUT2D eigenvalue weighted by atomic mass is 10.2. The van der Waals surface area contributed by atoms with Crippen LogP contribution < -0.4 is 4.74 Å². The third kappa shape index (κ3) is 4.66. The quantitative estimate of drug-likeness (QED) is 0.827. The van der Waals surface area contributed by atoms with Gasteiger partial charge in [0.2, 0.25) is 0 Å². The summed E-state index contributed by atoms with van der Waals surface area (Å²) in [6, 6.07) is 14.0. The molecule has 0 saturated heterocycles. The Balaban J connectivity index is 1.85. The van der Waals surface area contributed by atoms with Crippen LogP contribution in [0.5, 0.6) is 5.75 Å². The van der Waals surface area contributed by atoms with Gasteiger partial charge < -0.3 is 9.64 Å². The molecule has 0 spiro atoms. The van der Waals surface area contributed by atoms with Crippen molar-refractivity contribution in [1.82, 2.24) is 4.90 Å². The second kappa shape index (κ2) is 7.34. The lowest BCUT2D eigenvalue weighted by Gasteiger charge is -2.17. The molecule has 0 bridgehead atoms. The van der Waals surface area contributed by atoms with Crippen molar-refractivity contribution < 1.29 is 9.53 Å². The molecule has 0 saturated carbocycles. The second-order valence-corrected chi connectivity index (χ2v) is 5.41. The summed E-state index contributed by atoms with van der Waals surface area (Å²) in [5, 5.41) is 1.23. The highest BCUT2D eigenvalue weighted by Gasteiger charge is 2.11. The van der Waals surface area contributed by atoms with Crippen molar-refractivity contribution in [3.05, 3.63) is 64.1 Å². The zero-order chi connectivity index (χ0) is 15.2. The first-order chi connectivity index (χ1) is 10.1. The van der Waals surface area contributed by atoms with Crippen molar-refractivity contribution in [2.24, 2.45) is 0 Å². The molecule has 0 heterocycles. The number of hydrogen-bond acceptors (Lipinski definition) is 2. The second-order valence-electron chi connectivity index (χ2n) is 4.54. The third-order valence-electron chi connectivity index (χ3n) is 2.93. The predicted octanol–water partition coefficient (Wildman–Crippen LogP) is 4.14. The van der Waals surface area contributed by atoms with Crippen LogP contribution in [0.25, 0.3) is 0 Å². The maximum atomic E-state index is 12.2. The number of ether oxygens (including phenoxy) is 1. The summed E-state index contributed by atoms with van der Waals surface area (Å²) in [6.07, 6.45) is 0. The van der Waals surface area contributed by atoms with Crippen LogP contribution in [0.15, 0.2) is 48.5 Å². The summed E-state index contributed by atoms with van der Waals surface area (Å²) < 4.78 is 5.56. The highest BCUT2D eigenvalue weighted by atomic mass is 35.5. The molecule has 5 heteroatoms. The van der Waals surface area contributed by atoms with E-state index in [9.17, 15) is 4.79 Å². The van der Waals surface area contributed by atoms with E-state index in [2.05, 4.69) is 0 Å². The lowest BCUT2D eigenvalue weighted by molar-refractivity contribution is 0.0774. The van der Waals surface area contributed by atoms with E-state index in [0.29, 0.717) is 34.5 Å². The van der Waals surface area contributed by atoms with Crippen LogP contribution in [0.2, 0.25) is 10.0 Å². The first-order valence-electron chi connectivity index (χ1n) is 6.45. The van der Waals surface area contributed by atoms with Crippen molar-refractivity contribution in [1.29, 1.82) is 0 Å². The number of likely N-dealkylation sites (N-methyl/N-ethyl adjacent to an activating group) is 1. The fourth-order valence-electron chi connectivity index (χ4n) is 1.77. The van der Waals surface area contributed by atoms with E-state index in [1.807, 2.05) is 12.1 Å². The molecular weight excluding hydrogens is 309 g/mol. The van der Waals surface area contributed by atoms with Crippen LogP contribution in [0.1, 0.15) is 10.4 Å². The molecule has 2 aromatic carbocycles. The average Bonchev–Trinajstić information content (AvgIpc) is 2.47. The Morgan fingerprint density at radius 1 is 1.10 bits per heavy atom. The van der Waals surface area contributed by atoms with Crippen LogP contribution in [-0.2, 0) is 0 Å². The van der Waals surface area contributed by atoms with E-state index in [0.717, 1.165) is 0 Å². The van der Waals surface area contributed by atoms with Crippen LogP contribution in [0.4, 0.5) is 0 Å². The van der Waals surface area contributed by atoms with Gasteiger partial charge in [-0.3, -0.25) is 4.79 Å². The number of nitrogens with zero attached hydrogens (tertiary/aromatic N) is 1. The normalized spacial score (nSPS) is 10.2. The number of hydrogen-bond donors (Lipinski definition) is 0. The van der Waals surface area contributed by atoms with Gasteiger partial charge in [-0.2, -0.15) is 0 Å². The van der Waals surface area contributed by atoms with E-state index >= 15 is 0 Å². The van der Waals surface area contributed by atoms with E-state index in [4.69, 9.17) is 27.9 Å². The zero-order valence-corrected chi connectivity index (χ0v) is 13.1. The minimum absolute atomic E-state index is 0.0682. The van der Waals surface area contributed by atoms with Gasteiger partial charge in [-0.25, -0.2) is 0 Å². The van der Waals surface area contributed by atoms with Gasteiger partial charge in [-0.05, 0) is 42.5 Å². The fourth-order valence-corrected chi connectivity index (χ4v) is 2.08. The zero-order valence-electron chi connectivity index (χ0n) is 11.6. The Bertz CT molecular complexity index is 614. The maximum absolute atomic E-state index is 12.2. The largest absolute Gasteiger partial charge is 0.492 e. The standard InChI is InChI=1S/C16H15Cl2NO2/c1-19(16(20)12-5-7-13(17)8-6-12)9-10-21-15-4-2-3-14(18)11-15/h2-8,11H,9-10H2,1H3. The topological polar surface area (TPSA) is 29.5 Å². The van der Waals surface area contributed by atoms with Crippen LogP contribution in [0, 0.1) is 0 Å². The van der Waals surface area contributed by atoms with Crippen LogP contribution >= 0.6 is 23.2 Å². The number of benzene rings is 2. The van der Waals surface area contributed by atoms with E-state index in [-0.39, 0.29) is 5.91 Å². The highest BCUT2D eigenvalue weighted by molar-refractivity contribution is 6.31. The molecule has 1 amide bonds. The summed E-state index contributed by atoms with van der Waals surface area (Å²) in [4.78, 5) is 13.8. The SMILES string of the molecule is CN(CCOc1cccc(Cl)c1)C(=O)c1ccc(Cl)cc1. The van der Waals surface area contributed by atoms with E-state index < -0.39 is 0 Å². The molecule has 0 aliphatic heterocycles. The van der Waals surface area contributed by atoms with Crippen LogP contribution in [0.3, 0.4) is 0 Å². The summed E-state index contributed by atoms with van der Waals surface area (Å²) in [5.41, 5.74) is 0.602. The molecule has 0 unspecified atom stereocenters. The molecule has 0 aliphatic carbocycles. The number of carbonyl (C=O) groups excluding carboxylic acids is 1. The Morgan fingerprint density at radius 2 is 1.81 bits per heavy atom. The van der Waals surface area contributed by atoms with Gasteiger partial charge in [0, 0.05) is 22.7 Å². The molecule has 2 aromatic rings. The number of amides is 1. The van der Waals surface area contributed by atoms with Gasteiger partial charge in [-0.1, -0.05) is 29.3 Å². The minimum Gasteiger partial charge on any atom is -0.492 e. The first-order valence-corrected chi connectivity index (χ1v) is 7.21. The van der Waals surface area contributed by atoms with Gasteiger partial charge in [0.15, 0.2) is 0 Å². The highest BCUT2D eigenvalue weighted by Crippen LogP contribution is 2.17. The summed E-state index contributed by atoms with van der Waals surface area (Å²) >= 11 is 11.7. The maximum Gasteiger partial charge on any atom is 0.253 e. The predicted molar refractivity (Wildman–Crippen MR) is 85.4 cm³/mol. The van der Waals surface area contributed by atoms with Crippen LogP contribution in [-0.4, -0.2) is 31.0 Å². The molecule has 0 atom stereocenters. The molecule has 21 heavy (non-hydrogen) atoms. The Labute approximate surface area is 134 Å². The Kier molecular flexibility index (Phi) is 5.48. The fraction of sp³-hybridized carbons (Fsp3) is 0.188. The third-order valence-corrected chi connectivity index (χ3v) is 3.42. The molecule has 0 radical (unpaired) electrons. The van der Waals surface area contributed by atoms with Gasteiger partial charge >= 0.3 is 0 Å². The van der Waals surface area contributed by atoms with Gasteiger partial charge in [0.1, 0.15) is 12.4 Å². The lowest BCUT2D eigenvalue weighted by Crippen LogP contribution is -2.30. The van der Waals surface area contributed by atoms with Crippen molar-refractivity contribution >= 4 is 29.1 Å². The Hall–Kier alpha value is -1.71. The smallest absolute Gasteiger partial charge is 0.253 e. The van der Waals surface area contributed by atoms with Crippen molar-refractivity contribution in [2.75, 3.05) is 20.2 Å². The van der Waals surface area contributed by atoms with Crippen molar-refractivity contribution in [3.63, 3.8) is 0 Å². The number of carbonyl (C=O) groups is 1. The van der Waals surface area contributed by atoms with E-state index in [1.54, 1.807) is 48.3 Å². The molecule has 110 valence electrons. The molecule has 0 aromatic heterocycles. The summed E-state index contributed by atoms with van der Waals surface area (Å²) in [7, 11) is 1.73. The van der Waals surface area contributed by atoms with E-state index in [1.165, 1.54) is 0 Å². The molecule has 0 fully saturated rings. The number of rotatable bonds is 5. The summed E-state index contributed by atoms with van der Waals surface area (Å²) in [5.74, 6) is 0.621. The summed E-state index contributed by atoms with van der Waals surface area (Å²) in [6.45, 7) is 0.879. The molecule has 3 nitrogen and oxygen atoms in total. The Morgan fingerprint density at radius 3 is 2.48 bits per heavy atom.